The van der Waals surface area contributed by atoms with E-state index >= 15 is 0 Å². The number of nitrogens with zero attached hydrogens (tertiary/aromatic N) is 4. The Morgan fingerprint density at radius 2 is 1.18 bits per heavy atom. The molecule has 3 aliphatic rings. The van der Waals surface area contributed by atoms with Gasteiger partial charge in [0.25, 0.3) is 0 Å². The lowest BCUT2D eigenvalue weighted by Crippen LogP contribution is -2.39. The van der Waals surface area contributed by atoms with Crippen molar-refractivity contribution in [1.29, 1.82) is 0 Å². The van der Waals surface area contributed by atoms with Crippen molar-refractivity contribution >= 4 is 0 Å². The zero-order valence-corrected chi connectivity index (χ0v) is 16.8. The van der Waals surface area contributed by atoms with Gasteiger partial charge >= 0.3 is 0 Å². The van der Waals surface area contributed by atoms with Crippen LogP contribution in [0.5, 0.6) is 0 Å². The SMILES string of the molecule is CC1(C)c2cccc(c2)CN2C=CN(Cc3cccc(c3)CN3C=CN1C3)C2. The lowest BCUT2D eigenvalue weighted by Gasteiger charge is -2.37. The van der Waals surface area contributed by atoms with E-state index < -0.39 is 0 Å². The zero-order valence-electron chi connectivity index (χ0n) is 16.8. The van der Waals surface area contributed by atoms with Crippen LogP contribution in [0, 0.1) is 0 Å². The minimum atomic E-state index is -0.0486. The summed E-state index contributed by atoms with van der Waals surface area (Å²) in [4.78, 5) is 9.61. The third kappa shape index (κ3) is 3.24. The molecular formula is C24H28N4. The van der Waals surface area contributed by atoms with Crippen LogP contribution >= 0.6 is 0 Å². The summed E-state index contributed by atoms with van der Waals surface area (Å²) in [5.41, 5.74) is 5.43. The molecule has 0 amide bonds. The van der Waals surface area contributed by atoms with Gasteiger partial charge in [-0.2, -0.15) is 0 Å². The molecule has 0 saturated heterocycles. The predicted molar refractivity (Wildman–Crippen MR) is 112 cm³/mol. The van der Waals surface area contributed by atoms with E-state index in [0.717, 1.165) is 33.0 Å². The summed E-state index contributed by atoms with van der Waals surface area (Å²) in [5.74, 6) is 0. The molecule has 0 N–H and O–H groups in total. The van der Waals surface area contributed by atoms with Crippen LogP contribution in [0.1, 0.15) is 36.1 Å². The molecule has 0 radical (unpaired) electrons. The van der Waals surface area contributed by atoms with Crippen molar-refractivity contribution in [1.82, 2.24) is 19.6 Å². The fourth-order valence-corrected chi connectivity index (χ4v) is 4.40. The van der Waals surface area contributed by atoms with E-state index in [4.69, 9.17) is 0 Å². The van der Waals surface area contributed by atoms with E-state index in [1.54, 1.807) is 0 Å². The highest BCUT2D eigenvalue weighted by Crippen LogP contribution is 2.32. The third-order valence-electron chi connectivity index (χ3n) is 6.14. The molecule has 144 valence electrons. The van der Waals surface area contributed by atoms with Gasteiger partial charge in [-0.3, -0.25) is 0 Å². The first kappa shape index (κ1) is 17.2. The van der Waals surface area contributed by atoms with Crippen LogP contribution in [-0.2, 0) is 25.2 Å². The Hall–Kier alpha value is -2.88. The van der Waals surface area contributed by atoms with E-state index in [1.807, 2.05) is 0 Å². The maximum atomic E-state index is 2.44. The number of hydrogen-bond acceptors (Lipinski definition) is 4. The van der Waals surface area contributed by atoms with Gasteiger partial charge in [0.2, 0.25) is 0 Å². The number of hydrogen-bond donors (Lipinski definition) is 0. The fourth-order valence-electron chi connectivity index (χ4n) is 4.40. The van der Waals surface area contributed by atoms with Crippen LogP contribution in [0.25, 0.3) is 0 Å². The fraction of sp³-hybridized carbons (Fsp3) is 0.333. The summed E-state index contributed by atoms with van der Waals surface area (Å²) < 4.78 is 0. The highest BCUT2D eigenvalue weighted by Gasteiger charge is 2.30. The molecule has 3 aliphatic heterocycles. The summed E-state index contributed by atoms with van der Waals surface area (Å²) in [6.07, 6.45) is 8.92. The second-order valence-electron chi connectivity index (χ2n) is 8.67. The van der Waals surface area contributed by atoms with Crippen LogP contribution in [0.15, 0.2) is 73.3 Å². The quantitative estimate of drug-likeness (QED) is 0.686. The van der Waals surface area contributed by atoms with Gasteiger partial charge in [-0.25, -0.2) is 0 Å². The molecular weight excluding hydrogens is 344 g/mol. The molecule has 4 nitrogen and oxygen atoms in total. The molecule has 5 rings (SSSR count). The summed E-state index contributed by atoms with van der Waals surface area (Å²) in [5, 5.41) is 0. The molecule has 3 heterocycles. The van der Waals surface area contributed by atoms with Crippen LogP contribution in [-0.4, -0.2) is 32.9 Å². The maximum absolute atomic E-state index is 2.44. The van der Waals surface area contributed by atoms with E-state index in [2.05, 4.69) is 107 Å². The Kier molecular flexibility index (Phi) is 4.08. The topological polar surface area (TPSA) is 13.0 Å². The summed E-state index contributed by atoms with van der Waals surface area (Å²) in [7, 11) is 0. The van der Waals surface area contributed by atoms with E-state index in [9.17, 15) is 0 Å². The van der Waals surface area contributed by atoms with Gasteiger partial charge in [0.15, 0.2) is 0 Å². The lowest BCUT2D eigenvalue weighted by molar-refractivity contribution is 0.143. The molecule has 0 atom stereocenters. The first-order valence-electron chi connectivity index (χ1n) is 10.1. The number of fused-ring (bicyclic) bond motifs is 8. The van der Waals surface area contributed by atoms with Crippen molar-refractivity contribution in [3.63, 3.8) is 0 Å². The monoisotopic (exact) mass is 372 g/mol. The average molecular weight is 373 g/mol. The molecule has 0 aromatic heterocycles. The zero-order chi connectivity index (χ0) is 19.1. The van der Waals surface area contributed by atoms with Gasteiger partial charge < -0.3 is 19.6 Å². The predicted octanol–water partition coefficient (Wildman–Crippen LogP) is 4.23. The van der Waals surface area contributed by atoms with Crippen molar-refractivity contribution in [2.45, 2.75) is 39.0 Å². The highest BCUT2D eigenvalue weighted by molar-refractivity contribution is 5.30. The summed E-state index contributed by atoms with van der Waals surface area (Å²) in [6.45, 7) is 9.34. The average Bonchev–Trinajstić information content (AvgIpc) is 3.32. The van der Waals surface area contributed by atoms with E-state index in [-0.39, 0.29) is 5.54 Å². The van der Waals surface area contributed by atoms with Crippen molar-refractivity contribution in [2.75, 3.05) is 13.3 Å². The van der Waals surface area contributed by atoms with Gasteiger partial charge in [0.05, 0.1) is 18.9 Å². The lowest BCUT2D eigenvalue weighted by atomic mass is 9.91. The summed E-state index contributed by atoms with van der Waals surface area (Å²) >= 11 is 0. The normalized spacial score (nSPS) is 20.2. The van der Waals surface area contributed by atoms with Gasteiger partial charge in [-0.1, -0.05) is 48.5 Å². The van der Waals surface area contributed by atoms with E-state index in [0.29, 0.717) is 0 Å². The van der Waals surface area contributed by atoms with Crippen LogP contribution in [0.3, 0.4) is 0 Å². The molecule has 4 heteroatoms. The maximum Gasteiger partial charge on any atom is 0.0905 e. The largest absolute Gasteiger partial charge is 0.354 e. The Morgan fingerprint density at radius 1 is 0.643 bits per heavy atom. The molecule has 0 unspecified atom stereocenters. The van der Waals surface area contributed by atoms with Crippen molar-refractivity contribution < 1.29 is 0 Å². The Bertz CT molecular complexity index is 930. The minimum Gasteiger partial charge on any atom is -0.354 e. The van der Waals surface area contributed by atoms with Gasteiger partial charge in [0.1, 0.15) is 0 Å². The second kappa shape index (κ2) is 6.62. The van der Waals surface area contributed by atoms with E-state index in [1.165, 1.54) is 22.3 Å². The Morgan fingerprint density at radius 3 is 1.86 bits per heavy atom. The first-order valence-corrected chi connectivity index (χ1v) is 10.1. The van der Waals surface area contributed by atoms with Gasteiger partial charge in [0, 0.05) is 44.4 Å². The van der Waals surface area contributed by atoms with Crippen molar-refractivity contribution in [2.24, 2.45) is 0 Å². The van der Waals surface area contributed by atoms with Crippen LogP contribution in [0.4, 0.5) is 0 Å². The Balaban J connectivity index is 1.50. The molecule has 2 aromatic rings. The van der Waals surface area contributed by atoms with Crippen molar-refractivity contribution in [3.8, 4) is 0 Å². The molecule has 2 aromatic carbocycles. The van der Waals surface area contributed by atoms with Crippen molar-refractivity contribution in [3.05, 3.63) is 95.6 Å². The van der Waals surface area contributed by atoms with Crippen LogP contribution in [0.2, 0.25) is 0 Å². The third-order valence-corrected chi connectivity index (χ3v) is 6.14. The molecule has 28 heavy (non-hydrogen) atoms. The second-order valence-corrected chi connectivity index (χ2v) is 8.67. The first-order chi connectivity index (χ1) is 13.6. The van der Waals surface area contributed by atoms with Gasteiger partial charge in [-0.15, -0.1) is 0 Å². The molecule has 8 bridgehead atoms. The molecule has 0 aliphatic carbocycles. The highest BCUT2D eigenvalue weighted by atomic mass is 15.4. The molecule has 0 fully saturated rings. The molecule has 0 spiro atoms. The van der Waals surface area contributed by atoms with Gasteiger partial charge in [-0.05, 0) is 36.1 Å². The molecule has 0 saturated carbocycles. The number of benzene rings is 2. The van der Waals surface area contributed by atoms with Crippen LogP contribution < -0.4 is 0 Å². The standard InChI is InChI=1S/C24H28N4/c1-24(2)23-8-4-7-22(14-23)17-26-10-9-25(18-26)15-20-5-3-6-21(13-20)16-27-11-12-28(24)19-27/h3-14H,15-19H2,1-2H3. The number of rotatable bonds is 0. The smallest absolute Gasteiger partial charge is 0.0905 e. The summed E-state index contributed by atoms with van der Waals surface area (Å²) in [6, 6.07) is 18.1. The minimum absolute atomic E-state index is 0.0486. The Labute approximate surface area is 168 Å².